The van der Waals surface area contributed by atoms with Crippen molar-refractivity contribution in [2.75, 3.05) is 4.90 Å². The Balaban J connectivity index is 1.22. The average Bonchev–Trinajstić information content (AvgIpc) is 3.78. The van der Waals surface area contributed by atoms with E-state index in [1.807, 2.05) is 18.2 Å². The van der Waals surface area contributed by atoms with Crippen LogP contribution in [0.3, 0.4) is 0 Å². The largest absolute Gasteiger partial charge is 0.455 e. The molecule has 0 aliphatic carbocycles. The molecule has 0 saturated carbocycles. The van der Waals surface area contributed by atoms with Gasteiger partial charge in [0.1, 0.15) is 22.3 Å². The molecule has 240 valence electrons. The molecule has 0 radical (unpaired) electrons. The first-order valence-electron chi connectivity index (χ1n) is 17.3. The van der Waals surface area contributed by atoms with Gasteiger partial charge in [-0.25, -0.2) is 0 Å². The molecule has 0 N–H and O–H groups in total. The molecule has 3 nitrogen and oxygen atoms in total. The van der Waals surface area contributed by atoms with E-state index in [0.717, 1.165) is 83.2 Å². The molecule has 0 aliphatic rings. The molecule has 10 aromatic rings. The van der Waals surface area contributed by atoms with E-state index in [9.17, 15) is 0 Å². The normalized spacial score (nSPS) is 11.5. The van der Waals surface area contributed by atoms with Crippen LogP contribution in [0.15, 0.2) is 197 Å². The summed E-state index contributed by atoms with van der Waals surface area (Å²) in [5.74, 6) is 0. The van der Waals surface area contributed by atoms with Gasteiger partial charge in [-0.15, -0.1) is 0 Å². The average molecular weight is 654 g/mol. The smallest absolute Gasteiger partial charge is 0.145 e. The minimum atomic E-state index is 0.856. The number of furan rings is 2. The molecule has 0 atom stereocenters. The molecular weight excluding hydrogens is 623 g/mol. The number of benzene rings is 8. The van der Waals surface area contributed by atoms with Crippen molar-refractivity contribution < 1.29 is 8.83 Å². The second-order valence-electron chi connectivity index (χ2n) is 12.9. The Hall–Kier alpha value is -6.84. The Bertz CT molecular complexity index is 2830. The molecule has 2 aromatic heterocycles. The van der Waals surface area contributed by atoms with Crippen LogP contribution in [0.5, 0.6) is 0 Å². The molecule has 0 amide bonds. The molecule has 8 aromatic carbocycles. The zero-order valence-corrected chi connectivity index (χ0v) is 27.7. The maximum atomic E-state index is 6.71. The van der Waals surface area contributed by atoms with Gasteiger partial charge in [0.2, 0.25) is 0 Å². The molecule has 0 fully saturated rings. The predicted octanol–water partition coefficient (Wildman–Crippen LogP) is 14.0. The Labute approximate surface area is 295 Å². The fraction of sp³-hybridized carbons (Fsp3) is 0. The summed E-state index contributed by atoms with van der Waals surface area (Å²) < 4.78 is 13.3. The summed E-state index contributed by atoms with van der Waals surface area (Å²) >= 11 is 0. The van der Waals surface area contributed by atoms with E-state index >= 15 is 0 Å². The van der Waals surface area contributed by atoms with E-state index in [-0.39, 0.29) is 0 Å². The maximum Gasteiger partial charge on any atom is 0.145 e. The third kappa shape index (κ3) is 4.90. The Morgan fingerprint density at radius 1 is 0.333 bits per heavy atom. The Kier molecular flexibility index (Phi) is 6.81. The fourth-order valence-electron chi connectivity index (χ4n) is 7.47. The zero-order valence-electron chi connectivity index (χ0n) is 27.7. The molecule has 3 heteroatoms. The summed E-state index contributed by atoms with van der Waals surface area (Å²) in [6.45, 7) is 0. The highest BCUT2D eigenvalue weighted by Gasteiger charge is 2.23. The van der Waals surface area contributed by atoms with Crippen LogP contribution >= 0.6 is 0 Å². The van der Waals surface area contributed by atoms with Crippen molar-refractivity contribution in [2.24, 2.45) is 0 Å². The molecule has 10 rings (SSSR count). The molecule has 2 heterocycles. The maximum absolute atomic E-state index is 6.71. The lowest BCUT2D eigenvalue weighted by Gasteiger charge is -2.27. The quantitative estimate of drug-likeness (QED) is 0.179. The molecule has 0 unspecified atom stereocenters. The topological polar surface area (TPSA) is 29.5 Å². The van der Waals surface area contributed by atoms with E-state index in [2.05, 4.69) is 175 Å². The lowest BCUT2D eigenvalue weighted by Crippen LogP contribution is -2.10. The summed E-state index contributed by atoms with van der Waals surface area (Å²) in [6.07, 6.45) is 0. The van der Waals surface area contributed by atoms with Crippen LogP contribution in [0.1, 0.15) is 0 Å². The summed E-state index contributed by atoms with van der Waals surface area (Å²) in [7, 11) is 0. The number of hydrogen-bond donors (Lipinski definition) is 0. The van der Waals surface area contributed by atoms with Gasteiger partial charge in [0.25, 0.3) is 0 Å². The molecule has 0 bridgehead atoms. The van der Waals surface area contributed by atoms with Crippen molar-refractivity contribution in [3.05, 3.63) is 188 Å². The van der Waals surface area contributed by atoms with Gasteiger partial charge in [0.05, 0.1) is 11.1 Å². The fourth-order valence-corrected chi connectivity index (χ4v) is 7.47. The van der Waals surface area contributed by atoms with Gasteiger partial charge in [-0.3, -0.25) is 0 Å². The molecule has 0 spiro atoms. The number of anilines is 3. The van der Waals surface area contributed by atoms with Crippen LogP contribution < -0.4 is 4.90 Å². The summed E-state index contributed by atoms with van der Waals surface area (Å²) in [6, 6.07) is 66.0. The van der Waals surface area contributed by atoms with Crippen LogP contribution in [0.4, 0.5) is 17.1 Å². The Morgan fingerprint density at radius 3 is 1.61 bits per heavy atom. The highest BCUT2D eigenvalue weighted by atomic mass is 16.3. The molecule has 51 heavy (non-hydrogen) atoms. The summed E-state index contributed by atoms with van der Waals surface area (Å²) in [5.41, 5.74) is 13.4. The van der Waals surface area contributed by atoms with E-state index in [1.54, 1.807) is 0 Å². The second-order valence-corrected chi connectivity index (χ2v) is 12.9. The number of rotatable bonds is 6. The number of nitrogens with zero attached hydrogens (tertiary/aromatic N) is 1. The summed E-state index contributed by atoms with van der Waals surface area (Å²) in [4.78, 5) is 2.35. The van der Waals surface area contributed by atoms with Crippen molar-refractivity contribution in [3.63, 3.8) is 0 Å². The van der Waals surface area contributed by atoms with Crippen LogP contribution in [0.25, 0.3) is 77.3 Å². The SMILES string of the molecule is c1ccc(-c2ccc(N(c3ccc4oc5c(-c6ccccc6)cccc5c4c3)c3ccc(-c4ccccc4)c4oc5ccccc5c34)cc2)cc1. The van der Waals surface area contributed by atoms with Gasteiger partial charge >= 0.3 is 0 Å². The van der Waals surface area contributed by atoms with Crippen molar-refractivity contribution in [1.82, 2.24) is 0 Å². The molecule has 0 aliphatic heterocycles. The van der Waals surface area contributed by atoms with E-state index < -0.39 is 0 Å². The van der Waals surface area contributed by atoms with Crippen LogP contribution in [-0.4, -0.2) is 0 Å². The zero-order chi connectivity index (χ0) is 33.7. The van der Waals surface area contributed by atoms with Gasteiger partial charge in [-0.2, -0.15) is 0 Å². The minimum absolute atomic E-state index is 0.856. The van der Waals surface area contributed by atoms with Gasteiger partial charge < -0.3 is 13.7 Å². The van der Waals surface area contributed by atoms with E-state index in [4.69, 9.17) is 8.83 Å². The Morgan fingerprint density at radius 2 is 0.882 bits per heavy atom. The highest BCUT2D eigenvalue weighted by molar-refractivity contribution is 6.17. The number of hydrogen-bond acceptors (Lipinski definition) is 3. The standard InChI is InChI=1S/C48H31NO2/c1-4-13-32(14-5-1)33-23-25-36(26-24-33)49(37-27-30-45-42(31-37)40-21-12-20-38(47(40)50-45)34-15-6-2-7-16-34)43-29-28-39(35-17-8-3-9-18-35)48-46(43)41-19-10-11-22-44(41)51-48/h1-31H. The first-order valence-corrected chi connectivity index (χ1v) is 17.3. The number of para-hydroxylation sites is 2. The summed E-state index contributed by atoms with van der Waals surface area (Å²) in [5, 5.41) is 4.31. The van der Waals surface area contributed by atoms with Crippen LogP contribution in [0.2, 0.25) is 0 Å². The number of fused-ring (bicyclic) bond motifs is 6. The van der Waals surface area contributed by atoms with Crippen molar-refractivity contribution >= 4 is 60.9 Å². The van der Waals surface area contributed by atoms with Gasteiger partial charge in [0, 0.05) is 38.7 Å². The third-order valence-electron chi connectivity index (χ3n) is 9.89. The van der Waals surface area contributed by atoms with Crippen LogP contribution in [-0.2, 0) is 0 Å². The minimum Gasteiger partial charge on any atom is -0.455 e. The first-order chi connectivity index (χ1) is 25.3. The highest BCUT2D eigenvalue weighted by Crippen LogP contribution is 2.47. The molecule has 0 saturated heterocycles. The van der Waals surface area contributed by atoms with Gasteiger partial charge in [0.15, 0.2) is 0 Å². The van der Waals surface area contributed by atoms with Crippen molar-refractivity contribution in [3.8, 4) is 33.4 Å². The third-order valence-corrected chi connectivity index (χ3v) is 9.89. The molecular formula is C48H31NO2. The van der Waals surface area contributed by atoms with Gasteiger partial charge in [-0.05, 0) is 70.8 Å². The van der Waals surface area contributed by atoms with Gasteiger partial charge in [-0.1, -0.05) is 140 Å². The monoisotopic (exact) mass is 653 g/mol. The first kappa shape index (κ1) is 29.1. The predicted molar refractivity (Wildman–Crippen MR) is 212 cm³/mol. The lowest BCUT2D eigenvalue weighted by molar-refractivity contribution is 0.669. The van der Waals surface area contributed by atoms with E-state index in [1.165, 1.54) is 11.1 Å². The van der Waals surface area contributed by atoms with Crippen molar-refractivity contribution in [1.29, 1.82) is 0 Å². The van der Waals surface area contributed by atoms with Crippen LogP contribution in [0, 0.1) is 0 Å². The van der Waals surface area contributed by atoms with E-state index in [0.29, 0.717) is 0 Å². The lowest BCUT2D eigenvalue weighted by atomic mass is 9.99. The second kappa shape index (κ2) is 11.9. The van der Waals surface area contributed by atoms with Crippen molar-refractivity contribution in [2.45, 2.75) is 0 Å².